The van der Waals surface area contributed by atoms with Gasteiger partial charge in [-0.15, -0.1) is 0 Å². The number of fused-ring (bicyclic) bond motifs is 1. The van der Waals surface area contributed by atoms with E-state index in [-0.39, 0.29) is 17.5 Å². The Balaban J connectivity index is 1.86. The molecule has 0 aliphatic heterocycles. The van der Waals surface area contributed by atoms with Crippen molar-refractivity contribution in [3.63, 3.8) is 0 Å². The van der Waals surface area contributed by atoms with Gasteiger partial charge in [0.2, 0.25) is 5.91 Å². The third-order valence-electron chi connectivity index (χ3n) is 4.23. The summed E-state index contributed by atoms with van der Waals surface area (Å²) in [7, 11) is 3.74. The van der Waals surface area contributed by atoms with Crippen molar-refractivity contribution < 1.29 is 14.4 Å². The van der Waals surface area contributed by atoms with Gasteiger partial charge in [-0.1, -0.05) is 11.3 Å². The number of anilines is 2. The first-order valence-corrected chi connectivity index (χ1v) is 9.17. The van der Waals surface area contributed by atoms with Crippen LogP contribution in [-0.2, 0) is 11.2 Å². The van der Waals surface area contributed by atoms with Crippen LogP contribution >= 0.6 is 11.3 Å². The topological polar surface area (TPSA) is 92.3 Å². The second-order valence-corrected chi connectivity index (χ2v) is 7.45. The Morgan fingerprint density at radius 1 is 1.31 bits per heavy atom. The van der Waals surface area contributed by atoms with E-state index in [1.165, 1.54) is 13.1 Å². The highest BCUT2D eigenvalue weighted by Crippen LogP contribution is 2.32. The average Bonchev–Trinajstić information content (AvgIpc) is 2.93. The van der Waals surface area contributed by atoms with Crippen molar-refractivity contribution in [3.8, 4) is 0 Å². The molecule has 2 aromatic rings. The number of ketones is 2. The lowest BCUT2D eigenvalue weighted by molar-refractivity contribution is -0.114. The molecule has 1 aliphatic rings. The van der Waals surface area contributed by atoms with E-state index in [1.807, 2.05) is 19.0 Å². The van der Waals surface area contributed by atoms with Gasteiger partial charge in [0, 0.05) is 32.8 Å². The molecule has 0 radical (unpaired) electrons. The van der Waals surface area contributed by atoms with Gasteiger partial charge in [-0.3, -0.25) is 14.4 Å². The zero-order valence-electron chi connectivity index (χ0n) is 14.9. The van der Waals surface area contributed by atoms with Gasteiger partial charge in [0.1, 0.15) is 5.82 Å². The normalized spacial score (nSPS) is 16.6. The van der Waals surface area contributed by atoms with Gasteiger partial charge in [-0.2, -0.15) is 0 Å². The molecule has 0 spiro atoms. The number of carbonyl (C=O) groups excluding carboxylic acids is 3. The second-order valence-electron chi connectivity index (χ2n) is 6.45. The van der Waals surface area contributed by atoms with E-state index < -0.39 is 5.92 Å². The molecule has 0 saturated heterocycles. The minimum atomic E-state index is -0.728. The van der Waals surface area contributed by atoms with E-state index in [9.17, 15) is 14.4 Å². The van der Waals surface area contributed by atoms with Crippen molar-refractivity contribution in [2.45, 2.75) is 26.2 Å². The Kier molecular flexibility index (Phi) is 5.13. The van der Waals surface area contributed by atoms with Crippen molar-refractivity contribution in [2.75, 3.05) is 24.3 Å². The maximum Gasteiger partial charge on any atom is 0.223 e. The van der Waals surface area contributed by atoms with E-state index in [4.69, 9.17) is 0 Å². The number of aryl methyl sites for hydroxylation is 1. The van der Waals surface area contributed by atoms with Gasteiger partial charge < -0.3 is 10.2 Å². The van der Waals surface area contributed by atoms with Gasteiger partial charge in [-0.05, 0) is 31.4 Å². The predicted octanol–water partition coefficient (Wildman–Crippen LogP) is 2.58. The maximum absolute atomic E-state index is 12.9. The van der Waals surface area contributed by atoms with Crippen LogP contribution in [0.15, 0.2) is 18.3 Å². The Labute approximate surface area is 155 Å². The van der Waals surface area contributed by atoms with Crippen LogP contribution in [0.5, 0.6) is 0 Å². The van der Waals surface area contributed by atoms with Gasteiger partial charge in [-0.25, -0.2) is 9.97 Å². The molecule has 1 unspecified atom stereocenters. The summed E-state index contributed by atoms with van der Waals surface area (Å²) in [5.74, 6) is -0.642. The fourth-order valence-electron chi connectivity index (χ4n) is 2.93. The molecule has 0 bridgehead atoms. The van der Waals surface area contributed by atoms with Crippen LogP contribution < -0.4 is 10.2 Å². The van der Waals surface area contributed by atoms with Crippen molar-refractivity contribution in [2.24, 2.45) is 5.92 Å². The van der Waals surface area contributed by atoms with Crippen molar-refractivity contribution in [1.29, 1.82) is 0 Å². The maximum atomic E-state index is 12.9. The van der Waals surface area contributed by atoms with Gasteiger partial charge >= 0.3 is 0 Å². The summed E-state index contributed by atoms with van der Waals surface area (Å²) in [6, 6.07) is 3.47. The Morgan fingerprint density at radius 2 is 2.08 bits per heavy atom. The first-order chi connectivity index (χ1) is 12.4. The molecule has 7 nitrogen and oxygen atoms in total. The van der Waals surface area contributed by atoms with Crippen molar-refractivity contribution in [1.82, 2.24) is 9.97 Å². The predicted molar refractivity (Wildman–Crippen MR) is 100 cm³/mol. The number of aromatic nitrogens is 2. The second kappa shape index (κ2) is 7.33. The summed E-state index contributed by atoms with van der Waals surface area (Å²) in [5, 5.41) is 3.02. The van der Waals surface area contributed by atoms with Crippen LogP contribution in [0.25, 0.3) is 0 Å². The molecule has 0 aromatic carbocycles. The molecule has 2 heterocycles. The largest absolute Gasteiger partial charge is 0.363 e. The molecule has 1 amide bonds. The van der Waals surface area contributed by atoms with Gasteiger partial charge in [0.05, 0.1) is 16.5 Å². The number of hydrogen-bond acceptors (Lipinski definition) is 7. The number of Topliss-reactive ketones (excluding diaryl/α,β-unsaturated/α-hetero) is 2. The fourth-order valence-corrected chi connectivity index (χ4v) is 3.98. The van der Waals surface area contributed by atoms with E-state index in [0.29, 0.717) is 40.5 Å². The summed E-state index contributed by atoms with van der Waals surface area (Å²) in [4.78, 5) is 47.9. The Hall–Kier alpha value is -2.61. The molecule has 1 N–H and O–H groups in total. The molecule has 136 valence electrons. The molecular formula is C18H20N4O3S. The number of rotatable bonds is 4. The summed E-state index contributed by atoms with van der Waals surface area (Å²) in [6.45, 7) is 1.39. The van der Waals surface area contributed by atoms with E-state index in [2.05, 4.69) is 15.3 Å². The van der Waals surface area contributed by atoms with Crippen LogP contribution in [0.2, 0.25) is 0 Å². The highest BCUT2D eigenvalue weighted by Gasteiger charge is 2.34. The average molecular weight is 372 g/mol. The number of thiazole rings is 1. The first kappa shape index (κ1) is 18.2. The zero-order chi connectivity index (χ0) is 18.8. The minimum absolute atomic E-state index is 0.213. The standard InChI is InChI=1S/C18H20N4O3S/c1-10(23)20-18-21-13-6-4-5-12(16(25)17(13)26-18)15(24)11-7-8-14(19-9-11)22(2)3/h7-9,12H,4-6H2,1-3H3,(H,20,21,23). The lowest BCUT2D eigenvalue weighted by Gasteiger charge is -2.14. The number of nitrogens with zero attached hydrogens (tertiary/aromatic N) is 3. The number of hydrogen-bond donors (Lipinski definition) is 1. The number of amides is 1. The Morgan fingerprint density at radius 3 is 2.69 bits per heavy atom. The summed E-state index contributed by atoms with van der Waals surface area (Å²) < 4.78 is 0. The molecule has 8 heteroatoms. The quantitative estimate of drug-likeness (QED) is 0.504. The number of nitrogens with one attached hydrogen (secondary N) is 1. The smallest absolute Gasteiger partial charge is 0.223 e. The van der Waals surface area contributed by atoms with Crippen molar-refractivity contribution in [3.05, 3.63) is 34.5 Å². The molecule has 26 heavy (non-hydrogen) atoms. The molecule has 1 aliphatic carbocycles. The lowest BCUT2D eigenvalue weighted by atomic mass is 9.91. The summed E-state index contributed by atoms with van der Waals surface area (Å²) in [5.41, 5.74) is 1.10. The highest BCUT2D eigenvalue weighted by atomic mass is 32.1. The molecule has 2 aromatic heterocycles. The van der Waals surface area contributed by atoms with Crippen molar-refractivity contribution >= 4 is 39.8 Å². The SMILES string of the molecule is CC(=O)Nc1nc2c(s1)C(=O)C(C(=O)c1ccc(N(C)C)nc1)CCC2. The fraction of sp³-hybridized carbons (Fsp3) is 0.389. The van der Waals surface area contributed by atoms with Crippen LogP contribution in [0.3, 0.4) is 0 Å². The van der Waals surface area contributed by atoms with E-state index in [1.54, 1.807) is 12.1 Å². The summed E-state index contributed by atoms with van der Waals surface area (Å²) in [6.07, 6.45) is 3.33. The van der Waals surface area contributed by atoms with Gasteiger partial charge in [0.25, 0.3) is 0 Å². The first-order valence-electron chi connectivity index (χ1n) is 8.36. The lowest BCUT2D eigenvalue weighted by Crippen LogP contribution is -2.23. The van der Waals surface area contributed by atoms with Gasteiger partial charge in [0.15, 0.2) is 16.7 Å². The molecule has 1 atom stereocenters. The monoisotopic (exact) mass is 372 g/mol. The Bertz CT molecular complexity index is 858. The number of carbonyl (C=O) groups is 3. The van der Waals surface area contributed by atoms with Crippen LogP contribution in [0.4, 0.5) is 10.9 Å². The molecular weight excluding hydrogens is 352 g/mol. The van der Waals surface area contributed by atoms with E-state index >= 15 is 0 Å². The molecule has 3 rings (SSSR count). The summed E-state index contributed by atoms with van der Waals surface area (Å²) >= 11 is 1.14. The van der Waals surface area contributed by atoms with Crippen LogP contribution in [-0.4, -0.2) is 41.5 Å². The van der Waals surface area contributed by atoms with E-state index in [0.717, 1.165) is 17.2 Å². The minimum Gasteiger partial charge on any atom is -0.363 e. The zero-order valence-corrected chi connectivity index (χ0v) is 15.7. The third kappa shape index (κ3) is 3.65. The third-order valence-corrected chi connectivity index (χ3v) is 5.26. The highest BCUT2D eigenvalue weighted by molar-refractivity contribution is 7.17. The number of pyridine rings is 1. The van der Waals surface area contributed by atoms with Crippen LogP contribution in [0, 0.1) is 5.92 Å². The molecule has 0 fully saturated rings. The van der Waals surface area contributed by atoms with Crippen LogP contribution in [0.1, 0.15) is 45.5 Å². The molecule has 0 saturated carbocycles.